The summed E-state index contributed by atoms with van der Waals surface area (Å²) in [5.41, 5.74) is 7.14. The molecule has 0 saturated heterocycles. The van der Waals surface area contributed by atoms with Crippen LogP contribution >= 0.6 is 23.2 Å². The number of halogens is 2. The Labute approximate surface area is 166 Å². The number of nitrogens with one attached hydrogen (secondary N) is 2. The maximum atomic E-state index is 6.34. The van der Waals surface area contributed by atoms with Crippen molar-refractivity contribution in [2.75, 3.05) is 11.9 Å². The number of nitrogens with zero attached hydrogens (tertiary/aromatic N) is 1. The molecule has 2 fully saturated rings. The number of nitrogens with two attached hydrogens (primary N) is 1. The Hall–Kier alpha value is -0.970. The van der Waals surface area contributed by atoms with Gasteiger partial charge in [0.15, 0.2) is 5.96 Å². The van der Waals surface area contributed by atoms with E-state index in [9.17, 15) is 0 Å². The minimum absolute atomic E-state index is 0.172. The molecule has 0 aromatic heterocycles. The Morgan fingerprint density at radius 3 is 2.50 bits per heavy atom. The summed E-state index contributed by atoms with van der Waals surface area (Å²) in [4.78, 5) is 4.88. The fraction of sp³-hybridized carbons (Fsp3) is 0.650. The molecule has 26 heavy (non-hydrogen) atoms. The van der Waals surface area contributed by atoms with Gasteiger partial charge in [-0.2, -0.15) is 0 Å². The van der Waals surface area contributed by atoms with Gasteiger partial charge in [-0.15, -0.1) is 0 Å². The molecule has 0 unspecified atom stereocenters. The molecule has 144 valence electrons. The number of hydrogen-bond acceptors (Lipinski definition) is 2. The molecule has 2 atom stereocenters. The molecule has 0 amide bonds. The highest BCUT2D eigenvalue weighted by Gasteiger charge is 2.23. The van der Waals surface area contributed by atoms with Gasteiger partial charge in [0.2, 0.25) is 0 Å². The molecule has 0 bridgehead atoms. The van der Waals surface area contributed by atoms with Gasteiger partial charge in [0.1, 0.15) is 0 Å². The van der Waals surface area contributed by atoms with Crippen molar-refractivity contribution in [3.05, 3.63) is 28.2 Å². The van der Waals surface area contributed by atoms with E-state index in [1.165, 1.54) is 44.9 Å². The van der Waals surface area contributed by atoms with Crippen molar-refractivity contribution >= 4 is 34.8 Å². The lowest BCUT2D eigenvalue weighted by molar-refractivity contribution is 0.356. The monoisotopic (exact) mass is 396 g/mol. The molecule has 2 aliphatic carbocycles. The first kappa shape index (κ1) is 19.8. The van der Waals surface area contributed by atoms with Crippen LogP contribution in [-0.4, -0.2) is 24.6 Å². The smallest absolute Gasteiger partial charge is 0.196 e. The van der Waals surface area contributed by atoms with E-state index >= 15 is 0 Å². The lowest BCUT2D eigenvalue weighted by atomic mass is 9.89. The number of benzene rings is 1. The fourth-order valence-corrected chi connectivity index (χ4v) is 4.40. The highest BCUT2D eigenvalue weighted by atomic mass is 35.5. The summed E-state index contributed by atoms with van der Waals surface area (Å²) in [6.45, 7) is 0.850. The molecular weight excluding hydrogens is 367 g/mol. The van der Waals surface area contributed by atoms with E-state index in [-0.39, 0.29) is 12.1 Å². The van der Waals surface area contributed by atoms with Gasteiger partial charge in [0.25, 0.3) is 0 Å². The molecule has 2 saturated carbocycles. The average molecular weight is 397 g/mol. The van der Waals surface area contributed by atoms with E-state index in [0.717, 1.165) is 31.0 Å². The topological polar surface area (TPSA) is 62.4 Å². The molecule has 1 aromatic rings. The predicted molar refractivity (Wildman–Crippen MR) is 112 cm³/mol. The Bertz CT molecular complexity index is 614. The van der Waals surface area contributed by atoms with Crippen molar-refractivity contribution in [1.29, 1.82) is 0 Å². The van der Waals surface area contributed by atoms with Crippen LogP contribution in [0.25, 0.3) is 0 Å². The van der Waals surface area contributed by atoms with E-state index < -0.39 is 0 Å². The largest absolute Gasteiger partial charge is 0.352 e. The maximum absolute atomic E-state index is 6.34. The van der Waals surface area contributed by atoms with Crippen molar-refractivity contribution in [3.8, 4) is 0 Å². The van der Waals surface area contributed by atoms with Gasteiger partial charge in [0, 0.05) is 23.7 Å². The van der Waals surface area contributed by atoms with Crippen LogP contribution in [0.5, 0.6) is 0 Å². The molecule has 4 nitrogen and oxygen atoms in total. The van der Waals surface area contributed by atoms with Crippen molar-refractivity contribution in [2.45, 2.75) is 69.9 Å². The molecule has 0 aliphatic heterocycles. The summed E-state index contributed by atoms with van der Waals surface area (Å²) in [5.74, 6) is 1.46. The molecule has 0 spiro atoms. The summed E-state index contributed by atoms with van der Waals surface area (Å²) in [6.07, 6.45) is 11.1. The number of hydrogen-bond donors (Lipinski definition) is 3. The van der Waals surface area contributed by atoms with Crippen LogP contribution in [-0.2, 0) is 0 Å². The summed E-state index contributed by atoms with van der Waals surface area (Å²) >= 11 is 12.4. The summed E-state index contributed by atoms with van der Waals surface area (Å²) < 4.78 is 0. The maximum Gasteiger partial charge on any atom is 0.196 e. The van der Waals surface area contributed by atoms with Crippen LogP contribution in [0.1, 0.15) is 57.8 Å². The minimum Gasteiger partial charge on any atom is -0.352 e. The Kier molecular flexibility index (Phi) is 7.47. The second kappa shape index (κ2) is 9.82. The van der Waals surface area contributed by atoms with Gasteiger partial charge in [-0.05, 0) is 49.8 Å². The normalized spacial score (nSPS) is 25.1. The van der Waals surface area contributed by atoms with E-state index in [1.54, 1.807) is 6.07 Å². The number of guanidine groups is 1. The third-order valence-corrected chi connectivity index (χ3v) is 6.11. The zero-order valence-electron chi connectivity index (χ0n) is 15.3. The molecule has 1 aromatic carbocycles. The second-order valence-electron chi connectivity index (χ2n) is 7.64. The van der Waals surface area contributed by atoms with Crippen LogP contribution < -0.4 is 16.4 Å². The van der Waals surface area contributed by atoms with E-state index in [4.69, 9.17) is 33.9 Å². The van der Waals surface area contributed by atoms with E-state index in [0.29, 0.717) is 16.0 Å². The summed E-state index contributed by atoms with van der Waals surface area (Å²) in [6, 6.07) is 5.90. The third kappa shape index (κ3) is 5.77. The first-order valence-corrected chi connectivity index (χ1v) is 10.7. The average Bonchev–Trinajstić information content (AvgIpc) is 2.64. The van der Waals surface area contributed by atoms with Crippen molar-refractivity contribution in [3.63, 3.8) is 0 Å². The number of rotatable bonds is 4. The van der Waals surface area contributed by atoms with Gasteiger partial charge in [-0.25, -0.2) is 0 Å². The molecule has 3 rings (SSSR count). The Morgan fingerprint density at radius 2 is 1.77 bits per heavy atom. The van der Waals surface area contributed by atoms with Crippen molar-refractivity contribution in [2.24, 2.45) is 16.6 Å². The SMILES string of the molecule is N[C@H]1CCCC[C@@H]1NC(=NCC1CCCCC1)Nc1ccc(Cl)cc1Cl. The van der Waals surface area contributed by atoms with Crippen LogP contribution in [0.15, 0.2) is 23.2 Å². The second-order valence-corrected chi connectivity index (χ2v) is 8.49. The molecule has 0 radical (unpaired) electrons. The van der Waals surface area contributed by atoms with Crippen LogP contribution in [0, 0.1) is 5.92 Å². The van der Waals surface area contributed by atoms with Crippen LogP contribution in [0.4, 0.5) is 5.69 Å². The lowest BCUT2D eigenvalue weighted by Gasteiger charge is -2.31. The first-order valence-electron chi connectivity index (χ1n) is 9.90. The van der Waals surface area contributed by atoms with Gasteiger partial charge < -0.3 is 16.4 Å². The summed E-state index contributed by atoms with van der Waals surface area (Å²) in [5, 5.41) is 8.16. The van der Waals surface area contributed by atoms with Gasteiger partial charge >= 0.3 is 0 Å². The van der Waals surface area contributed by atoms with Crippen molar-refractivity contribution in [1.82, 2.24) is 5.32 Å². The zero-order chi connectivity index (χ0) is 18.4. The highest BCUT2D eigenvalue weighted by molar-refractivity contribution is 6.36. The molecular formula is C20H30Cl2N4. The fourth-order valence-electron chi connectivity index (χ4n) is 3.94. The molecule has 4 N–H and O–H groups in total. The van der Waals surface area contributed by atoms with Gasteiger partial charge in [-0.3, -0.25) is 4.99 Å². The van der Waals surface area contributed by atoms with Gasteiger partial charge in [-0.1, -0.05) is 55.3 Å². The first-order chi connectivity index (χ1) is 12.6. The lowest BCUT2D eigenvalue weighted by Crippen LogP contribution is -2.51. The number of aliphatic imine (C=N–C) groups is 1. The van der Waals surface area contributed by atoms with Crippen molar-refractivity contribution < 1.29 is 0 Å². The van der Waals surface area contributed by atoms with E-state index in [2.05, 4.69) is 10.6 Å². The molecule has 0 heterocycles. The zero-order valence-corrected chi connectivity index (χ0v) is 16.8. The molecule has 6 heteroatoms. The minimum atomic E-state index is 0.172. The standard InChI is InChI=1S/C20H30Cl2N4/c21-15-10-11-18(16(22)12-15)25-20(24-13-14-6-2-1-3-7-14)26-19-9-5-4-8-17(19)23/h10-12,14,17,19H,1-9,13,23H2,(H2,24,25,26)/t17-,19-/m0/s1. The van der Waals surface area contributed by atoms with Gasteiger partial charge in [0.05, 0.1) is 10.7 Å². The summed E-state index contributed by atoms with van der Waals surface area (Å²) in [7, 11) is 0. The predicted octanol–water partition coefficient (Wildman–Crippen LogP) is 5.20. The third-order valence-electron chi connectivity index (χ3n) is 5.56. The highest BCUT2D eigenvalue weighted by Crippen LogP contribution is 2.26. The quantitative estimate of drug-likeness (QED) is 0.483. The molecule has 2 aliphatic rings. The van der Waals surface area contributed by atoms with Crippen LogP contribution in [0.2, 0.25) is 10.0 Å². The Balaban J connectivity index is 1.71. The van der Waals surface area contributed by atoms with E-state index in [1.807, 2.05) is 12.1 Å². The van der Waals surface area contributed by atoms with Crippen LogP contribution in [0.3, 0.4) is 0 Å². The Morgan fingerprint density at radius 1 is 1.04 bits per heavy atom. The number of anilines is 1.